The van der Waals surface area contributed by atoms with Crippen LogP contribution >= 0.6 is 0 Å². The summed E-state index contributed by atoms with van der Waals surface area (Å²) in [4.78, 5) is 19.6. The number of pyridine rings is 1. The number of hydrogen-bond donors (Lipinski definition) is 0. The maximum absolute atomic E-state index is 13.5. The zero-order valence-electron chi connectivity index (χ0n) is 15.2. The highest BCUT2D eigenvalue weighted by Gasteiger charge is 2.57. The molecule has 27 heavy (non-hydrogen) atoms. The third-order valence-electron chi connectivity index (χ3n) is 6.43. The second-order valence-corrected chi connectivity index (χ2v) is 8.08. The Kier molecular flexibility index (Phi) is 3.92. The summed E-state index contributed by atoms with van der Waals surface area (Å²) in [6, 6.07) is 10.8. The Morgan fingerprint density at radius 2 is 1.67 bits per heavy atom. The maximum Gasteiger partial charge on any atom is 0.233 e. The molecule has 3 aliphatic rings. The fourth-order valence-electron chi connectivity index (χ4n) is 4.93. The van der Waals surface area contributed by atoms with Gasteiger partial charge in [-0.15, -0.1) is 0 Å². The van der Waals surface area contributed by atoms with Gasteiger partial charge in [-0.3, -0.25) is 9.78 Å². The van der Waals surface area contributed by atoms with Crippen molar-refractivity contribution in [2.45, 2.75) is 62.1 Å². The molecule has 2 atom stereocenters. The van der Waals surface area contributed by atoms with Gasteiger partial charge in [-0.25, -0.2) is 4.39 Å². The predicted molar refractivity (Wildman–Crippen MR) is 98.9 cm³/mol. The second kappa shape index (κ2) is 6.32. The molecule has 140 valence electrons. The summed E-state index contributed by atoms with van der Waals surface area (Å²) in [6.07, 6.45) is 9.21. The Morgan fingerprint density at radius 3 is 2.26 bits per heavy atom. The zero-order chi connectivity index (χ0) is 18.4. The van der Waals surface area contributed by atoms with E-state index in [1.54, 1.807) is 24.5 Å². The van der Waals surface area contributed by atoms with Crippen LogP contribution in [0.15, 0.2) is 48.8 Å². The molecule has 2 aromatic rings. The molecule has 0 radical (unpaired) electrons. The molecule has 3 heterocycles. The Bertz CT molecular complexity index is 821. The SMILES string of the molecule is O=C(N1C2CCC1CC(Oc1ccncc1)C2)C1(c2ccc(F)cc2)CC1. The van der Waals surface area contributed by atoms with Crippen molar-refractivity contribution in [3.05, 3.63) is 60.2 Å². The molecule has 2 saturated heterocycles. The van der Waals surface area contributed by atoms with E-state index in [1.165, 1.54) is 12.1 Å². The molecule has 0 spiro atoms. The molecule has 1 aromatic heterocycles. The van der Waals surface area contributed by atoms with Gasteiger partial charge in [0, 0.05) is 37.3 Å². The van der Waals surface area contributed by atoms with Gasteiger partial charge >= 0.3 is 0 Å². The standard InChI is InChI=1S/C22H23FN2O2/c23-16-3-1-15(2-4-16)22(9-10-22)21(26)25-17-5-6-18(25)14-20(13-17)27-19-7-11-24-12-8-19/h1-4,7-8,11-12,17-18,20H,5-6,9-10,13-14H2. The molecular formula is C22H23FN2O2. The lowest BCUT2D eigenvalue weighted by Gasteiger charge is -2.40. The lowest BCUT2D eigenvalue weighted by molar-refractivity contribution is -0.140. The average Bonchev–Trinajstić information content (AvgIpc) is 3.44. The van der Waals surface area contributed by atoms with Crippen molar-refractivity contribution in [2.75, 3.05) is 0 Å². The van der Waals surface area contributed by atoms with Crippen LogP contribution in [0.1, 0.15) is 44.1 Å². The normalized spacial score (nSPS) is 28.0. The molecule has 2 bridgehead atoms. The van der Waals surface area contributed by atoms with Gasteiger partial charge in [0.05, 0.1) is 5.41 Å². The third kappa shape index (κ3) is 2.89. The Labute approximate surface area is 158 Å². The van der Waals surface area contributed by atoms with E-state index in [4.69, 9.17) is 4.74 Å². The summed E-state index contributed by atoms with van der Waals surface area (Å²) >= 11 is 0. The van der Waals surface area contributed by atoms with Crippen LogP contribution < -0.4 is 4.74 Å². The smallest absolute Gasteiger partial charge is 0.233 e. The highest BCUT2D eigenvalue weighted by atomic mass is 19.1. The number of halogens is 1. The van der Waals surface area contributed by atoms with Crippen LogP contribution in [0.2, 0.25) is 0 Å². The van der Waals surface area contributed by atoms with E-state index < -0.39 is 5.41 Å². The van der Waals surface area contributed by atoms with Crippen LogP contribution in [0.25, 0.3) is 0 Å². The second-order valence-electron chi connectivity index (χ2n) is 8.08. The topological polar surface area (TPSA) is 42.4 Å². The molecule has 1 aromatic carbocycles. The van der Waals surface area contributed by atoms with Gasteiger partial charge in [0.2, 0.25) is 5.91 Å². The molecule has 5 rings (SSSR count). The zero-order valence-corrected chi connectivity index (χ0v) is 15.2. The largest absolute Gasteiger partial charge is 0.490 e. The van der Waals surface area contributed by atoms with Crippen molar-refractivity contribution in [3.63, 3.8) is 0 Å². The number of hydrogen-bond acceptors (Lipinski definition) is 3. The summed E-state index contributed by atoms with van der Waals surface area (Å²) < 4.78 is 19.4. The van der Waals surface area contributed by atoms with Gasteiger partial charge in [0.15, 0.2) is 0 Å². The minimum absolute atomic E-state index is 0.148. The molecule has 5 heteroatoms. The summed E-state index contributed by atoms with van der Waals surface area (Å²) in [6.45, 7) is 0. The van der Waals surface area contributed by atoms with Crippen LogP contribution in [0.4, 0.5) is 4.39 Å². The summed E-state index contributed by atoms with van der Waals surface area (Å²) in [5, 5.41) is 0. The lowest BCUT2D eigenvalue weighted by Crippen LogP contribution is -2.52. The van der Waals surface area contributed by atoms with Crippen molar-refractivity contribution in [1.29, 1.82) is 0 Å². The number of aromatic nitrogens is 1. The Hall–Kier alpha value is -2.43. The van der Waals surface area contributed by atoms with E-state index in [9.17, 15) is 9.18 Å². The number of carbonyl (C=O) groups excluding carboxylic acids is 1. The van der Waals surface area contributed by atoms with Crippen LogP contribution in [0.5, 0.6) is 5.75 Å². The van der Waals surface area contributed by atoms with Crippen molar-refractivity contribution in [2.24, 2.45) is 0 Å². The van der Waals surface area contributed by atoms with Gasteiger partial charge < -0.3 is 9.64 Å². The quantitative estimate of drug-likeness (QED) is 0.825. The highest BCUT2D eigenvalue weighted by molar-refractivity contribution is 5.92. The molecule has 1 aliphatic carbocycles. The van der Waals surface area contributed by atoms with Crippen LogP contribution in [-0.2, 0) is 10.2 Å². The molecule has 1 saturated carbocycles. The van der Waals surface area contributed by atoms with E-state index in [0.717, 1.165) is 49.8 Å². The number of ether oxygens (including phenoxy) is 1. The molecule has 1 amide bonds. The number of amides is 1. The fourth-order valence-corrected chi connectivity index (χ4v) is 4.93. The van der Waals surface area contributed by atoms with Crippen molar-refractivity contribution in [1.82, 2.24) is 9.88 Å². The molecule has 0 N–H and O–H groups in total. The Balaban J connectivity index is 1.32. The first-order valence-electron chi connectivity index (χ1n) is 9.81. The van der Waals surface area contributed by atoms with Crippen LogP contribution in [0.3, 0.4) is 0 Å². The summed E-state index contributed by atoms with van der Waals surface area (Å²) in [7, 11) is 0. The first kappa shape index (κ1) is 16.7. The van der Waals surface area contributed by atoms with Crippen molar-refractivity contribution in [3.8, 4) is 5.75 Å². The number of rotatable bonds is 4. The van der Waals surface area contributed by atoms with E-state index in [1.807, 2.05) is 12.1 Å². The molecule has 2 unspecified atom stereocenters. The Morgan fingerprint density at radius 1 is 1.04 bits per heavy atom. The van der Waals surface area contributed by atoms with Crippen LogP contribution in [-0.4, -0.2) is 34.0 Å². The van der Waals surface area contributed by atoms with E-state index in [0.29, 0.717) is 0 Å². The van der Waals surface area contributed by atoms with E-state index >= 15 is 0 Å². The van der Waals surface area contributed by atoms with E-state index in [2.05, 4.69) is 9.88 Å². The van der Waals surface area contributed by atoms with Gasteiger partial charge in [-0.2, -0.15) is 0 Å². The number of nitrogens with zero attached hydrogens (tertiary/aromatic N) is 2. The number of piperidine rings is 1. The molecule has 3 fully saturated rings. The fraction of sp³-hybridized carbons (Fsp3) is 0.455. The number of benzene rings is 1. The number of fused-ring (bicyclic) bond motifs is 2. The van der Waals surface area contributed by atoms with E-state index in [-0.39, 0.29) is 29.9 Å². The first-order valence-corrected chi connectivity index (χ1v) is 9.81. The minimum Gasteiger partial charge on any atom is -0.490 e. The third-order valence-corrected chi connectivity index (χ3v) is 6.43. The van der Waals surface area contributed by atoms with Crippen molar-refractivity contribution >= 4 is 5.91 Å². The summed E-state index contributed by atoms with van der Waals surface area (Å²) in [5.41, 5.74) is 0.538. The molecule has 4 nitrogen and oxygen atoms in total. The van der Waals surface area contributed by atoms with Gasteiger partial charge in [-0.05, 0) is 55.5 Å². The van der Waals surface area contributed by atoms with Gasteiger partial charge in [-0.1, -0.05) is 12.1 Å². The minimum atomic E-state index is -0.423. The first-order chi connectivity index (χ1) is 13.2. The number of carbonyl (C=O) groups is 1. The summed E-state index contributed by atoms with van der Waals surface area (Å²) in [5.74, 6) is 0.833. The monoisotopic (exact) mass is 366 g/mol. The van der Waals surface area contributed by atoms with Gasteiger partial charge in [0.1, 0.15) is 17.7 Å². The maximum atomic E-state index is 13.5. The molecular weight excluding hydrogens is 343 g/mol. The van der Waals surface area contributed by atoms with Crippen molar-refractivity contribution < 1.29 is 13.9 Å². The highest BCUT2D eigenvalue weighted by Crippen LogP contribution is 2.52. The van der Waals surface area contributed by atoms with Gasteiger partial charge in [0.25, 0.3) is 0 Å². The lowest BCUT2D eigenvalue weighted by atomic mass is 9.91. The predicted octanol–water partition coefficient (Wildman–Crippen LogP) is 3.85. The average molecular weight is 366 g/mol. The molecule has 2 aliphatic heterocycles. The van der Waals surface area contributed by atoms with Crippen LogP contribution in [0, 0.1) is 5.82 Å².